The number of hydrogen-bond acceptors (Lipinski definition) is 4. The van der Waals surface area contributed by atoms with Crippen LogP contribution in [0.25, 0.3) is 0 Å². The maximum absolute atomic E-state index is 13.4. The Morgan fingerprint density at radius 3 is 2.50 bits per heavy atom. The summed E-state index contributed by atoms with van der Waals surface area (Å²) in [4.78, 5) is 32.5. The molecule has 0 saturated carbocycles. The Balaban J connectivity index is 1.22. The highest BCUT2D eigenvalue weighted by Gasteiger charge is 2.50. The predicted octanol–water partition coefficient (Wildman–Crippen LogP) is 5.18. The number of hydrogen-bond donors (Lipinski definition) is 1. The number of halogens is 1. The molecular formula is C28H27BrN4O3. The summed E-state index contributed by atoms with van der Waals surface area (Å²) in [7, 11) is 0. The number of benzene rings is 3. The van der Waals surface area contributed by atoms with Crippen molar-refractivity contribution in [1.82, 2.24) is 10.2 Å². The number of carbonyl (C=O) groups is 2. The maximum atomic E-state index is 13.4. The molecule has 0 spiro atoms. The van der Waals surface area contributed by atoms with Crippen LogP contribution < -0.4 is 19.9 Å². The van der Waals surface area contributed by atoms with Crippen LogP contribution in [-0.4, -0.2) is 48.7 Å². The average molecular weight is 547 g/mol. The maximum Gasteiger partial charge on any atom is 0.325 e. The Morgan fingerprint density at radius 2 is 1.72 bits per heavy atom. The molecule has 2 saturated heterocycles. The zero-order valence-corrected chi connectivity index (χ0v) is 21.6. The highest BCUT2D eigenvalue weighted by atomic mass is 79.9. The molecule has 3 amide bonds. The molecule has 2 bridgehead atoms. The second-order valence-corrected chi connectivity index (χ2v) is 10.6. The van der Waals surface area contributed by atoms with Gasteiger partial charge in [0, 0.05) is 53.9 Å². The van der Waals surface area contributed by atoms with E-state index >= 15 is 0 Å². The van der Waals surface area contributed by atoms with Crippen LogP contribution in [-0.2, 0) is 0 Å². The Bertz CT molecular complexity index is 1330. The molecule has 3 aromatic carbocycles. The van der Waals surface area contributed by atoms with Crippen LogP contribution in [0.15, 0.2) is 77.3 Å². The molecule has 3 heterocycles. The van der Waals surface area contributed by atoms with Gasteiger partial charge in [0.15, 0.2) is 5.72 Å². The van der Waals surface area contributed by atoms with E-state index in [-0.39, 0.29) is 18.0 Å². The predicted molar refractivity (Wildman–Crippen MR) is 143 cm³/mol. The fourth-order valence-electron chi connectivity index (χ4n) is 5.50. The zero-order valence-electron chi connectivity index (χ0n) is 20.0. The van der Waals surface area contributed by atoms with Gasteiger partial charge in [-0.3, -0.25) is 9.69 Å². The first-order valence-corrected chi connectivity index (χ1v) is 13.0. The minimum atomic E-state index is -0.864. The van der Waals surface area contributed by atoms with Gasteiger partial charge in [0.1, 0.15) is 5.75 Å². The third-order valence-electron chi connectivity index (χ3n) is 7.27. The molecule has 1 N–H and O–H groups in total. The number of nitrogens with one attached hydrogen (secondary N) is 1. The van der Waals surface area contributed by atoms with Crippen LogP contribution in [0.2, 0.25) is 0 Å². The monoisotopic (exact) mass is 546 g/mol. The first-order chi connectivity index (χ1) is 17.4. The number of amides is 3. The number of fused-ring (bicyclic) bond motifs is 4. The van der Waals surface area contributed by atoms with Crippen molar-refractivity contribution in [3.63, 3.8) is 0 Å². The summed E-state index contributed by atoms with van der Waals surface area (Å²) in [6.07, 6.45) is 0.599. The minimum absolute atomic E-state index is 0.0234. The lowest BCUT2D eigenvalue weighted by molar-refractivity contribution is 0.0377. The quantitative estimate of drug-likeness (QED) is 0.491. The third-order valence-corrected chi connectivity index (χ3v) is 7.77. The molecule has 0 radical (unpaired) electrons. The van der Waals surface area contributed by atoms with E-state index in [1.54, 1.807) is 11.0 Å². The summed E-state index contributed by atoms with van der Waals surface area (Å²) < 4.78 is 7.34. The van der Waals surface area contributed by atoms with Gasteiger partial charge >= 0.3 is 6.03 Å². The lowest BCUT2D eigenvalue weighted by atomic mass is 9.90. The molecule has 3 aliphatic heterocycles. The SMILES string of the molecule is CC12CC(NC(=O)N1c1cccc(C(=O)N3CCN(c4ccccc4)CC3)c1)c1cc(Br)ccc1O2. The molecule has 3 aliphatic rings. The van der Waals surface area contributed by atoms with E-state index in [0.717, 1.165) is 28.9 Å². The van der Waals surface area contributed by atoms with Gasteiger partial charge < -0.3 is 19.9 Å². The van der Waals surface area contributed by atoms with Crippen molar-refractivity contribution in [1.29, 1.82) is 0 Å². The van der Waals surface area contributed by atoms with Gasteiger partial charge in [-0.25, -0.2) is 4.79 Å². The van der Waals surface area contributed by atoms with Crippen molar-refractivity contribution < 1.29 is 14.3 Å². The van der Waals surface area contributed by atoms with Gasteiger partial charge in [-0.15, -0.1) is 0 Å². The molecule has 184 valence electrons. The minimum Gasteiger partial charge on any atom is -0.467 e. The number of anilines is 2. The van der Waals surface area contributed by atoms with Crippen molar-refractivity contribution in [3.05, 3.63) is 88.4 Å². The number of piperazine rings is 1. The molecule has 2 unspecified atom stereocenters. The smallest absolute Gasteiger partial charge is 0.325 e. The number of carbonyl (C=O) groups excluding carboxylic acids is 2. The van der Waals surface area contributed by atoms with Crippen molar-refractivity contribution in [3.8, 4) is 5.75 Å². The fourth-order valence-corrected chi connectivity index (χ4v) is 5.88. The van der Waals surface area contributed by atoms with E-state index in [1.807, 2.05) is 66.4 Å². The van der Waals surface area contributed by atoms with E-state index in [1.165, 1.54) is 5.69 Å². The normalized spacial score (nSPS) is 23.0. The van der Waals surface area contributed by atoms with Crippen LogP contribution in [0, 0.1) is 0 Å². The number of rotatable bonds is 3. The first kappa shape index (κ1) is 22.9. The van der Waals surface area contributed by atoms with Gasteiger partial charge in [0.25, 0.3) is 5.91 Å². The Morgan fingerprint density at radius 1 is 0.972 bits per heavy atom. The molecule has 0 aliphatic carbocycles. The van der Waals surface area contributed by atoms with Crippen LogP contribution in [0.4, 0.5) is 16.2 Å². The van der Waals surface area contributed by atoms with Crippen molar-refractivity contribution >= 4 is 39.2 Å². The molecule has 6 rings (SSSR count). The Kier molecular flexibility index (Phi) is 5.63. The summed E-state index contributed by atoms with van der Waals surface area (Å²) in [5.74, 6) is 0.732. The highest BCUT2D eigenvalue weighted by molar-refractivity contribution is 9.10. The van der Waals surface area contributed by atoms with Crippen molar-refractivity contribution in [2.75, 3.05) is 36.0 Å². The molecule has 8 heteroatoms. The molecule has 2 fully saturated rings. The molecule has 7 nitrogen and oxygen atoms in total. The summed E-state index contributed by atoms with van der Waals surface area (Å²) in [6, 6.07) is 23.1. The van der Waals surface area contributed by atoms with Crippen LogP contribution in [0.5, 0.6) is 5.75 Å². The van der Waals surface area contributed by atoms with Crippen molar-refractivity contribution in [2.24, 2.45) is 0 Å². The van der Waals surface area contributed by atoms with Gasteiger partial charge in [0.05, 0.1) is 11.7 Å². The van der Waals surface area contributed by atoms with Crippen LogP contribution in [0.3, 0.4) is 0 Å². The van der Waals surface area contributed by atoms with Gasteiger partial charge in [-0.05, 0) is 55.5 Å². The van der Waals surface area contributed by atoms with E-state index in [2.05, 4.69) is 38.3 Å². The molecular weight excluding hydrogens is 520 g/mol. The molecule has 3 aromatic rings. The highest BCUT2D eigenvalue weighted by Crippen LogP contribution is 2.46. The second kappa shape index (κ2) is 8.85. The number of nitrogens with zero attached hydrogens (tertiary/aromatic N) is 3. The summed E-state index contributed by atoms with van der Waals surface area (Å²) in [5.41, 5.74) is 2.49. The molecule has 36 heavy (non-hydrogen) atoms. The third kappa shape index (κ3) is 3.99. The standard InChI is InChI=1S/C28H27BrN4O3/c1-28-18-24(23-17-20(29)10-11-25(23)36-28)30-27(35)33(28)22-9-5-6-19(16-22)26(34)32-14-12-31(13-15-32)21-7-3-2-4-8-21/h2-11,16-17,24H,12-15,18H2,1H3,(H,30,35). The largest absolute Gasteiger partial charge is 0.467 e. The Hall–Kier alpha value is -3.52. The van der Waals surface area contributed by atoms with Gasteiger partial charge in [-0.2, -0.15) is 0 Å². The van der Waals surface area contributed by atoms with Crippen LogP contribution in [0.1, 0.15) is 35.3 Å². The number of para-hydroxylation sites is 1. The zero-order chi connectivity index (χ0) is 24.9. The fraction of sp³-hybridized carbons (Fsp3) is 0.286. The van der Waals surface area contributed by atoms with E-state index in [9.17, 15) is 9.59 Å². The average Bonchev–Trinajstić information content (AvgIpc) is 2.89. The Labute approximate surface area is 218 Å². The lowest BCUT2D eigenvalue weighted by Gasteiger charge is -2.50. The number of ether oxygens (including phenoxy) is 1. The van der Waals surface area contributed by atoms with Crippen LogP contribution >= 0.6 is 15.9 Å². The van der Waals surface area contributed by atoms with Crippen molar-refractivity contribution in [2.45, 2.75) is 25.1 Å². The number of urea groups is 1. The van der Waals surface area contributed by atoms with E-state index in [0.29, 0.717) is 30.8 Å². The topological polar surface area (TPSA) is 65.1 Å². The summed E-state index contributed by atoms with van der Waals surface area (Å²) >= 11 is 3.51. The van der Waals surface area contributed by atoms with E-state index in [4.69, 9.17) is 4.74 Å². The summed E-state index contributed by atoms with van der Waals surface area (Å²) in [5, 5.41) is 3.12. The molecule has 2 atom stereocenters. The van der Waals surface area contributed by atoms with Gasteiger partial charge in [-0.1, -0.05) is 40.2 Å². The van der Waals surface area contributed by atoms with E-state index < -0.39 is 5.72 Å². The van der Waals surface area contributed by atoms with Gasteiger partial charge in [0.2, 0.25) is 0 Å². The molecule has 0 aromatic heterocycles. The second-order valence-electron chi connectivity index (χ2n) is 9.67. The lowest BCUT2D eigenvalue weighted by Crippen LogP contribution is -2.65. The first-order valence-electron chi connectivity index (χ1n) is 12.2. The summed E-state index contributed by atoms with van der Waals surface area (Å²) in [6.45, 7) is 4.80.